The van der Waals surface area contributed by atoms with Crippen LogP contribution in [0.2, 0.25) is 0 Å². The molecule has 0 saturated carbocycles. The van der Waals surface area contributed by atoms with Gasteiger partial charge in [0, 0.05) is 5.56 Å². The Morgan fingerprint density at radius 2 is 2.25 bits per heavy atom. The Balaban J connectivity index is 1.62. The average molecular weight is 275 g/mol. The summed E-state index contributed by atoms with van der Waals surface area (Å²) in [4.78, 5) is 0. The molecule has 0 amide bonds. The van der Waals surface area contributed by atoms with Gasteiger partial charge in [0.15, 0.2) is 0 Å². The van der Waals surface area contributed by atoms with Crippen LogP contribution >= 0.6 is 0 Å². The summed E-state index contributed by atoms with van der Waals surface area (Å²) in [6, 6.07) is 5.97. The second-order valence-electron chi connectivity index (χ2n) is 6.21. The molecule has 1 heterocycles. The van der Waals surface area contributed by atoms with Gasteiger partial charge in [-0.2, -0.15) is 0 Å². The summed E-state index contributed by atoms with van der Waals surface area (Å²) in [5.41, 5.74) is 2.99. The van der Waals surface area contributed by atoms with Crippen LogP contribution in [0.3, 0.4) is 0 Å². The van der Waals surface area contributed by atoms with E-state index in [0.717, 1.165) is 42.7 Å². The number of hydrogen-bond acceptors (Lipinski definition) is 4. The van der Waals surface area contributed by atoms with Crippen molar-refractivity contribution in [1.29, 1.82) is 0 Å². The minimum atomic E-state index is -0.0154. The van der Waals surface area contributed by atoms with Crippen molar-refractivity contribution < 1.29 is 14.7 Å². The summed E-state index contributed by atoms with van der Waals surface area (Å²) in [5, 5.41) is 12.3. The molecule has 1 fully saturated rings. The number of oxime groups is 1. The van der Waals surface area contributed by atoms with Crippen molar-refractivity contribution in [1.82, 2.24) is 0 Å². The van der Waals surface area contributed by atoms with Crippen LogP contribution in [0.25, 0.3) is 0 Å². The first-order valence-electron chi connectivity index (χ1n) is 7.22. The van der Waals surface area contributed by atoms with E-state index in [1.807, 2.05) is 18.2 Å². The highest BCUT2D eigenvalue weighted by Gasteiger charge is 2.32. The highest BCUT2D eigenvalue weighted by atomic mass is 16.6. The lowest BCUT2D eigenvalue weighted by molar-refractivity contribution is -0.0326. The maximum absolute atomic E-state index is 8.92. The highest BCUT2D eigenvalue weighted by molar-refractivity contribution is 6.04. The molecule has 1 atom stereocenters. The van der Waals surface area contributed by atoms with Gasteiger partial charge in [-0.15, -0.1) is 0 Å². The Kier molecular flexibility index (Phi) is 3.42. The van der Waals surface area contributed by atoms with Crippen molar-refractivity contribution in [2.45, 2.75) is 51.2 Å². The van der Waals surface area contributed by atoms with Gasteiger partial charge < -0.3 is 14.7 Å². The second-order valence-corrected chi connectivity index (χ2v) is 6.21. The Morgan fingerprint density at radius 1 is 1.40 bits per heavy atom. The normalized spacial score (nSPS) is 25.9. The number of fused-ring (bicyclic) bond motifs is 1. The zero-order chi connectivity index (χ0) is 14.2. The summed E-state index contributed by atoms with van der Waals surface area (Å²) in [7, 11) is 0. The molecule has 4 heteroatoms. The van der Waals surface area contributed by atoms with E-state index in [1.54, 1.807) is 0 Å². The third-order valence-electron chi connectivity index (χ3n) is 4.13. The molecule has 1 unspecified atom stereocenters. The number of rotatable bonds is 3. The molecule has 2 aliphatic rings. The third-order valence-corrected chi connectivity index (χ3v) is 4.13. The first-order chi connectivity index (χ1) is 9.57. The number of ether oxygens (including phenoxy) is 2. The van der Waals surface area contributed by atoms with E-state index in [9.17, 15) is 0 Å². The van der Waals surface area contributed by atoms with E-state index >= 15 is 0 Å². The van der Waals surface area contributed by atoms with E-state index in [0.29, 0.717) is 6.61 Å². The molecule has 0 aromatic heterocycles. The lowest BCUT2D eigenvalue weighted by Crippen LogP contribution is -2.23. The van der Waals surface area contributed by atoms with Gasteiger partial charge in [-0.1, -0.05) is 5.16 Å². The van der Waals surface area contributed by atoms with E-state index in [2.05, 4.69) is 19.0 Å². The molecule has 1 aliphatic heterocycles. The number of aryl methyl sites for hydroxylation is 1. The summed E-state index contributed by atoms with van der Waals surface area (Å²) in [5.74, 6) is 0.872. The van der Waals surface area contributed by atoms with Crippen molar-refractivity contribution in [2.75, 3.05) is 6.61 Å². The van der Waals surface area contributed by atoms with E-state index < -0.39 is 0 Å². The molecule has 1 aliphatic carbocycles. The summed E-state index contributed by atoms with van der Waals surface area (Å²) < 4.78 is 11.8. The molecule has 20 heavy (non-hydrogen) atoms. The average Bonchev–Trinajstić information content (AvgIpc) is 2.98. The van der Waals surface area contributed by atoms with Gasteiger partial charge in [-0.25, -0.2) is 0 Å². The first-order valence-corrected chi connectivity index (χ1v) is 7.22. The first kappa shape index (κ1) is 13.4. The fraction of sp³-hybridized carbons (Fsp3) is 0.562. The summed E-state index contributed by atoms with van der Waals surface area (Å²) in [6.45, 7) is 4.85. The molecule has 0 spiro atoms. The molecule has 1 aromatic carbocycles. The molecule has 0 bridgehead atoms. The molecule has 1 aromatic rings. The molecule has 3 rings (SSSR count). The Labute approximate surface area is 119 Å². The van der Waals surface area contributed by atoms with E-state index in [1.165, 1.54) is 5.56 Å². The van der Waals surface area contributed by atoms with E-state index in [-0.39, 0.29) is 11.7 Å². The Hall–Kier alpha value is -1.55. The van der Waals surface area contributed by atoms with Crippen molar-refractivity contribution in [3.8, 4) is 5.75 Å². The van der Waals surface area contributed by atoms with Crippen molar-refractivity contribution in [2.24, 2.45) is 5.16 Å². The van der Waals surface area contributed by atoms with Gasteiger partial charge in [-0.3, -0.25) is 0 Å². The van der Waals surface area contributed by atoms with Gasteiger partial charge in [0.05, 0.1) is 17.4 Å². The number of benzene rings is 1. The molecule has 0 radical (unpaired) electrons. The number of hydrogen-bond donors (Lipinski definition) is 1. The standard InChI is InChI=1S/C16H21NO3/c1-16(2)8-7-13(20-16)10-19-12-4-5-14-11(9-12)3-6-15(14)17-18/h4-5,9,13,18H,3,6-8,10H2,1-2H3/b17-15+. The zero-order valence-electron chi connectivity index (χ0n) is 12.1. The van der Waals surface area contributed by atoms with Gasteiger partial charge in [0.1, 0.15) is 12.4 Å². The lowest BCUT2D eigenvalue weighted by Gasteiger charge is -2.19. The summed E-state index contributed by atoms with van der Waals surface area (Å²) in [6.07, 6.45) is 4.04. The zero-order valence-corrected chi connectivity index (χ0v) is 12.1. The van der Waals surface area contributed by atoms with Crippen LogP contribution in [0.1, 0.15) is 44.2 Å². The third kappa shape index (κ3) is 2.66. The van der Waals surface area contributed by atoms with Crippen LogP contribution in [0, 0.1) is 0 Å². The van der Waals surface area contributed by atoms with Gasteiger partial charge in [0.2, 0.25) is 0 Å². The van der Waals surface area contributed by atoms with Crippen LogP contribution in [0.4, 0.5) is 0 Å². The van der Waals surface area contributed by atoms with Gasteiger partial charge in [0.25, 0.3) is 0 Å². The minimum Gasteiger partial charge on any atom is -0.491 e. The molecule has 1 saturated heterocycles. The molecule has 1 N–H and O–H groups in total. The van der Waals surface area contributed by atoms with E-state index in [4.69, 9.17) is 14.7 Å². The second kappa shape index (κ2) is 5.09. The van der Waals surface area contributed by atoms with Gasteiger partial charge in [-0.05, 0) is 63.3 Å². The maximum atomic E-state index is 8.92. The maximum Gasteiger partial charge on any atom is 0.119 e. The quantitative estimate of drug-likeness (QED) is 0.681. The van der Waals surface area contributed by atoms with Crippen LogP contribution in [0.15, 0.2) is 23.4 Å². The van der Waals surface area contributed by atoms with Crippen molar-refractivity contribution >= 4 is 5.71 Å². The van der Waals surface area contributed by atoms with Crippen molar-refractivity contribution in [3.05, 3.63) is 29.3 Å². The topological polar surface area (TPSA) is 51.0 Å². The fourth-order valence-electron chi connectivity index (χ4n) is 3.02. The van der Waals surface area contributed by atoms with Crippen molar-refractivity contribution in [3.63, 3.8) is 0 Å². The minimum absolute atomic E-state index is 0.0154. The van der Waals surface area contributed by atoms with Gasteiger partial charge >= 0.3 is 0 Å². The predicted molar refractivity (Wildman–Crippen MR) is 76.8 cm³/mol. The SMILES string of the molecule is CC1(C)CCC(COc2ccc3c(c2)CC/C3=N\O)O1. The Morgan fingerprint density at radius 3 is 2.95 bits per heavy atom. The smallest absolute Gasteiger partial charge is 0.119 e. The largest absolute Gasteiger partial charge is 0.491 e. The molecular weight excluding hydrogens is 254 g/mol. The van der Waals surface area contributed by atoms with Crippen LogP contribution in [0.5, 0.6) is 5.75 Å². The lowest BCUT2D eigenvalue weighted by atomic mass is 10.1. The predicted octanol–water partition coefficient (Wildman–Crippen LogP) is 3.15. The Bertz CT molecular complexity index is 537. The monoisotopic (exact) mass is 275 g/mol. The molecule has 108 valence electrons. The highest BCUT2D eigenvalue weighted by Crippen LogP contribution is 2.31. The molecular formula is C16H21NO3. The number of nitrogens with zero attached hydrogens (tertiary/aromatic N) is 1. The fourth-order valence-corrected chi connectivity index (χ4v) is 3.02. The van der Waals surface area contributed by atoms with Crippen LogP contribution in [-0.2, 0) is 11.2 Å². The van der Waals surface area contributed by atoms with Crippen LogP contribution in [-0.4, -0.2) is 29.2 Å². The molecule has 4 nitrogen and oxygen atoms in total. The van der Waals surface area contributed by atoms with Crippen LogP contribution < -0.4 is 4.74 Å². The summed E-state index contributed by atoms with van der Waals surface area (Å²) >= 11 is 0.